The second-order valence-corrected chi connectivity index (χ2v) is 8.72. The molecule has 34 heavy (non-hydrogen) atoms. The van der Waals surface area contributed by atoms with Crippen molar-refractivity contribution in [2.24, 2.45) is 5.92 Å². The van der Waals surface area contributed by atoms with Crippen LogP contribution in [0, 0.1) is 26.7 Å². The van der Waals surface area contributed by atoms with E-state index in [9.17, 15) is 9.90 Å². The Bertz CT molecular complexity index is 1150. The summed E-state index contributed by atoms with van der Waals surface area (Å²) < 4.78 is 5.64. The number of carbonyl (C=O) groups is 1. The Morgan fingerprint density at radius 1 is 1.15 bits per heavy atom. The molecule has 1 saturated heterocycles. The van der Waals surface area contributed by atoms with Gasteiger partial charge in [0.05, 0.1) is 6.20 Å². The lowest BCUT2D eigenvalue weighted by Crippen LogP contribution is -2.36. The summed E-state index contributed by atoms with van der Waals surface area (Å²) in [6, 6.07) is 4.17. The third-order valence-electron chi connectivity index (χ3n) is 6.01. The fourth-order valence-electron chi connectivity index (χ4n) is 4.16. The standard InChI is InChI=1S/C24H31N7O3/c1-5-19-26-22(29-23(27-19)31-8-6-17(13-32)7-9-31)30-24-25-12-18(34-24)21(33)28-20-15(3)10-14(2)11-16(20)4/h10-12,17,32H,5-9,13H2,1-4H3,(H,28,33)(H,25,26,27,29,30). The molecule has 0 atom stereocenters. The molecule has 3 aromatic rings. The number of aliphatic hydroxyl groups excluding tert-OH is 1. The highest BCUT2D eigenvalue weighted by atomic mass is 16.4. The number of hydrogen-bond donors (Lipinski definition) is 3. The van der Waals surface area contributed by atoms with Gasteiger partial charge in [0, 0.05) is 31.8 Å². The summed E-state index contributed by atoms with van der Waals surface area (Å²) in [6.45, 7) is 9.67. The van der Waals surface area contributed by atoms with Crippen LogP contribution in [0.4, 0.5) is 23.6 Å². The molecule has 1 aliphatic rings. The molecule has 1 aromatic carbocycles. The Labute approximate surface area is 198 Å². The van der Waals surface area contributed by atoms with Gasteiger partial charge in [-0.15, -0.1) is 0 Å². The molecule has 0 bridgehead atoms. The van der Waals surface area contributed by atoms with Gasteiger partial charge in [0.15, 0.2) is 0 Å². The number of benzene rings is 1. The minimum Gasteiger partial charge on any atom is -0.418 e. The average molecular weight is 466 g/mol. The van der Waals surface area contributed by atoms with E-state index in [0.717, 1.165) is 48.3 Å². The summed E-state index contributed by atoms with van der Waals surface area (Å²) in [5.41, 5.74) is 3.87. The molecule has 2 aromatic heterocycles. The first-order valence-electron chi connectivity index (χ1n) is 11.6. The van der Waals surface area contributed by atoms with Crippen LogP contribution in [-0.2, 0) is 6.42 Å². The number of hydrogen-bond acceptors (Lipinski definition) is 9. The van der Waals surface area contributed by atoms with Crippen LogP contribution in [0.2, 0.25) is 0 Å². The Morgan fingerprint density at radius 2 is 1.85 bits per heavy atom. The van der Waals surface area contributed by atoms with E-state index in [1.807, 2.05) is 39.8 Å². The van der Waals surface area contributed by atoms with Crippen molar-refractivity contribution >= 4 is 29.5 Å². The maximum absolute atomic E-state index is 12.7. The van der Waals surface area contributed by atoms with Crippen LogP contribution >= 0.6 is 0 Å². The number of rotatable bonds is 7. The second kappa shape index (κ2) is 10.2. The summed E-state index contributed by atoms with van der Waals surface area (Å²) in [7, 11) is 0. The Kier molecular flexibility index (Phi) is 7.06. The number of nitrogens with zero attached hydrogens (tertiary/aromatic N) is 5. The minimum absolute atomic E-state index is 0.0814. The van der Waals surface area contributed by atoms with E-state index in [2.05, 4.69) is 35.5 Å². The Hall–Kier alpha value is -3.53. The first-order chi connectivity index (χ1) is 16.4. The SMILES string of the molecule is CCc1nc(Nc2ncc(C(=O)Nc3c(C)cc(C)cc3C)o2)nc(N2CCC(CO)CC2)n1. The van der Waals surface area contributed by atoms with Crippen LogP contribution in [0.3, 0.4) is 0 Å². The molecule has 1 fully saturated rings. The molecule has 3 heterocycles. The quantitative estimate of drug-likeness (QED) is 0.479. The van der Waals surface area contributed by atoms with Gasteiger partial charge in [0.25, 0.3) is 5.91 Å². The van der Waals surface area contributed by atoms with E-state index in [1.165, 1.54) is 6.20 Å². The van der Waals surface area contributed by atoms with Crippen LogP contribution in [0.15, 0.2) is 22.7 Å². The van der Waals surface area contributed by atoms with Gasteiger partial charge < -0.3 is 19.7 Å². The van der Waals surface area contributed by atoms with E-state index < -0.39 is 0 Å². The zero-order valence-electron chi connectivity index (χ0n) is 20.1. The number of aliphatic hydroxyl groups is 1. The number of oxazole rings is 1. The van der Waals surface area contributed by atoms with Crippen molar-refractivity contribution in [2.45, 2.75) is 47.0 Å². The second-order valence-electron chi connectivity index (χ2n) is 8.72. The number of amides is 1. The number of piperidine rings is 1. The zero-order chi connectivity index (χ0) is 24.2. The number of nitrogens with one attached hydrogen (secondary N) is 2. The Balaban J connectivity index is 1.48. The van der Waals surface area contributed by atoms with E-state index in [4.69, 9.17) is 4.42 Å². The first-order valence-corrected chi connectivity index (χ1v) is 11.6. The fraction of sp³-hybridized carbons (Fsp3) is 0.458. The topological polar surface area (TPSA) is 129 Å². The fourth-order valence-corrected chi connectivity index (χ4v) is 4.16. The molecule has 0 saturated carbocycles. The van der Waals surface area contributed by atoms with Gasteiger partial charge in [-0.2, -0.15) is 15.0 Å². The van der Waals surface area contributed by atoms with Gasteiger partial charge in [-0.25, -0.2) is 4.98 Å². The highest BCUT2D eigenvalue weighted by Crippen LogP contribution is 2.24. The zero-order valence-corrected chi connectivity index (χ0v) is 20.1. The maximum Gasteiger partial charge on any atom is 0.302 e. The largest absolute Gasteiger partial charge is 0.418 e. The summed E-state index contributed by atoms with van der Waals surface area (Å²) in [6.07, 6.45) is 3.81. The highest BCUT2D eigenvalue weighted by molar-refractivity contribution is 6.03. The number of aromatic nitrogens is 4. The van der Waals surface area contributed by atoms with Crippen LogP contribution in [-0.4, -0.2) is 50.6 Å². The van der Waals surface area contributed by atoms with Gasteiger partial charge in [-0.1, -0.05) is 24.6 Å². The molecule has 0 unspecified atom stereocenters. The molecule has 10 heteroatoms. The maximum atomic E-state index is 12.7. The summed E-state index contributed by atoms with van der Waals surface area (Å²) in [5.74, 6) is 1.56. The van der Waals surface area contributed by atoms with Crippen LogP contribution in [0.5, 0.6) is 0 Å². The van der Waals surface area contributed by atoms with Crippen molar-refractivity contribution in [1.82, 2.24) is 19.9 Å². The molecule has 0 aliphatic carbocycles. The Morgan fingerprint density at radius 3 is 2.50 bits per heavy atom. The van der Waals surface area contributed by atoms with E-state index >= 15 is 0 Å². The van der Waals surface area contributed by atoms with Crippen molar-refractivity contribution in [3.8, 4) is 0 Å². The third-order valence-corrected chi connectivity index (χ3v) is 6.01. The normalized spacial score (nSPS) is 14.3. The third kappa shape index (κ3) is 5.33. The number of aryl methyl sites for hydroxylation is 4. The van der Waals surface area contributed by atoms with Gasteiger partial charge >= 0.3 is 6.01 Å². The van der Waals surface area contributed by atoms with Gasteiger partial charge in [0.1, 0.15) is 5.82 Å². The predicted molar refractivity (Wildman–Crippen MR) is 130 cm³/mol. The molecule has 3 N–H and O–H groups in total. The first kappa shape index (κ1) is 23.6. The monoisotopic (exact) mass is 465 g/mol. The van der Waals surface area contributed by atoms with Crippen LogP contribution < -0.4 is 15.5 Å². The average Bonchev–Trinajstić information content (AvgIpc) is 3.29. The van der Waals surface area contributed by atoms with Crippen molar-refractivity contribution in [3.05, 3.63) is 46.6 Å². The van der Waals surface area contributed by atoms with Crippen LogP contribution in [0.25, 0.3) is 0 Å². The molecular formula is C24H31N7O3. The van der Waals surface area contributed by atoms with Crippen molar-refractivity contribution in [1.29, 1.82) is 0 Å². The molecule has 1 amide bonds. The summed E-state index contributed by atoms with van der Waals surface area (Å²) in [4.78, 5) is 32.5. The molecular weight excluding hydrogens is 434 g/mol. The van der Waals surface area contributed by atoms with Gasteiger partial charge in [-0.05, 0) is 50.7 Å². The summed E-state index contributed by atoms with van der Waals surface area (Å²) in [5, 5.41) is 15.3. The number of anilines is 4. The highest BCUT2D eigenvalue weighted by Gasteiger charge is 2.22. The molecule has 0 radical (unpaired) electrons. The molecule has 10 nitrogen and oxygen atoms in total. The number of carbonyl (C=O) groups excluding carboxylic acids is 1. The smallest absolute Gasteiger partial charge is 0.302 e. The van der Waals surface area contributed by atoms with Crippen molar-refractivity contribution in [2.75, 3.05) is 35.2 Å². The molecule has 0 spiro atoms. The van der Waals surface area contributed by atoms with Crippen molar-refractivity contribution < 1.29 is 14.3 Å². The lowest BCUT2D eigenvalue weighted by Gasteiger charge is -2.31. The lowest BCUT2D eigenvalue weighted by molar-refractivity contribution is 0.0997. The van der Waals surface area contributed by atoms with E-state index in [-0.39, 0.29) is 24.3 Å². The minimum atomic E-state index is -0.382. The van der Waals surface area contributed by atoms with Crippen LogP contribution in [0.1, 0.15) is 52.8 Å². The molecule has 180 valence electrons. The van der Waals surface area contributed by atoms with Gasteiger partial charge in [-0.3, -0.25) is 10.1 Å². The summed E-state index contributed by atoms with van der Waals surface area (Å²) >= 11 is 0. The van der Waals surface area contributed by atoms with Gasteiger partial charge in [0.2, 0.25) is 17.7 Å². The lowest BCUT2D eigenvalue weighted by atomic mass is 9.98. The van der Waals surface area contributed by atoms with E-state index in [1.54, 1.807) is 0 Å². The predicted octanol–water partition coefficient (Wildman–Crippen LogP) is 3.55. The molecule has 4 rings (SSSR count). The van der Waals surface area contributed by atoms with Crippen molar-refractivity contribution in [3.63, 3.8) is 0 Å². The molecule has 1 aliphatic heterocycles. The van der Waals surface area contributed by atoms with E-state index in [0.29, 0.717) is 30.1 Å².